The van der Waals surface area contributed by atoms with Crippen molar-refractivity contribution in [2.24, 2.45) is 11.8 Å². The molecule has 1 aromatic heterocycles. The van der Waals surface area contributed by atoms with Crippen LogP contribution in [0.5, 0.6) is 0 Å². The molecule has 1 aliphatic rings. The van der Waals surface area contributed by atoms with E-state index in [1.807, 2.05) is 18.2 Å². The predicted molar refractivity (Wildman–Crippen MR) is 75.0 cm³/mol. The molecule has 3 rings (SSSR count). The van der Waals surface area contributed by atoms with Crippen LogP contribution >= 0.6 is 22.9 Å². The fraction of sp³-hybridized carbons (Fsp3) is 0.462. The Morgan fingerprint density at radius 1 is 1.53 bits per heavy atom. The van der Waals surface area contributed by atoms with Gasteiger partial charge in [0.2, 0.25) is 0 Å². The SMILES string of the molecule is CC(CNc1nc2cc(Cl)ccc2s1)C1CC1. The molecule has 1 fully saturated rings. The third kappa shape index (κ3) is 2.55. The number of halogens is 1. The van der Waals surface area contributed by atoms with Gasteiger partial charge >= 0.3 is 0 Å². The Kier molecular flexibility index (Phi) is 2.97. The monoisotopic (exact) mass is 266 g/mol. The number of hydrogen-bond donors (Lipinski definition) is 1. The first-order valence-electron chi connectivity index (χ1n) is 6.02. The van der Waals surface area contributed by atoms with Crippen molar-refractivity contribution in [3.05, 3.63) is 23.2 Å². The fourth-order valence-corrected chi connectivity index (χ4v) is 3.08. The molecule has 2 aromatic rings. The lowest BCUT2D eigenvalue weighted by Crippen LogP contribution is -2.12. The molecule has 1 heterocycles. The van der Waals surface area contributed by atoms with Crippen LogP contribution in [0.3, 0.4) is 0 Å². The topological polar surface area (TPSA) is 24.9 Å². The van der Waals surface area contributed by atoms with Crippen LogP contribution in [0.1, 0.15) is 19.8 Å². The van der Waals surface area contributed by atoms with Gasteiger partial charge < -0.3 is 5.32 Å². The highest BCUT2D eigenvalue weighted by Crippen LogP contribution is 2.37. The third-order valence-corrected chi connectivity index (χ3v) is 4.58. The Morgan fingerprint density at radius 2 is 2.35 bits per heavy atom. The summed E-state index contributed by atoms with van der Waals surface area (Å²) in [7, 11) is 0. The summed E-state index contributed by atoms with van der Waals surface area (Å²) in [6.07, 6.45) is 2.80. The summed E-state index contributed by atoms with van der Waals surface area (Å²) in [6.45, 7) is 3.34. The highest BCUT2D eigenvalue weighted by atomic mass is 35.5. The molecular formula is C13H15ClN2S. The van der Waals surface area contributed by atoms with Crippen molar-refractivity contribution >= 4 is 38.3 Å². The summed E-state index contributed by atoms with van der Waals surface area (Å²) < 4.78 is 1.19. The summed E-state index contributed by atoms with van der Waals surface area (Å²) in [5, 5.41) is 5.20. The van der Waals surface area contributed by atoms with E-state index in [1.165, 1.54) is 17.5 Å². The molecule has 0 saturated heterocycles. The number of nitrogens with one attached hydrogen (secondary N) is 1. The maximum absolute atomic E-state index is 5.95. The average molecular weight is 267 g/mol. The van der Waals surface area contributed by atoms with Crippen LogP contribution in [0.15, 0.2) is 18.2 Å². The number of rotatable bonds is 4. The van der Waals surface area contributed by atoms with Crippen molar-refractivity contribution in [1.29, 1.82) is 0 Å². The lowest BCUT2D eigenvalue weighted by Gasteiger charge is -2.09. The molecule has 2 nitrogen and oxygen atoms in total. The largest absolute Gasteiger partial charge is 0.361 e. The predicted octanol–water partition coefficient (Wildman–Crippen LogP) is 4.41. The highest BCUT2D eigenvalue weighted by molar-refractivity contribution is 7.22. The molecule has 17 heavy (non-hydrogen) atoms. The minimum atomic E-state index is 0.751. The van der Waals surface area contributed by atoms with Crippen molar-refractivity contribution in [2.75, 3.05) is 11.9 Å². The molecule has 90 valence electrons. The molecule has 4 heteroatoms. The second-order valence-corrected chi connectivity index (χ2v) is 6.29. The summed E-state index contributed by atoms with van der Waals surface area (Å²) in [5.41, 5.74) is 0.990. The van der Waals surface area contributed by atoms with Gasteiger partial charge in [-0.15, -0.1) is 0 Å². The summed E-state index contributed by atoms with van der Waals surface area (Å²) in [6, 6.07) is 5.87. The minimum absolute atomic E-state index is 0.751. The zero-order valence-electron chi connectivity index (χ0n) is 9.74. The molecule has 1 atom stereocenters. The Balaban J connectivity index is 1.72. The molecule has 1 aliphatic carbocycles. The van der Waals surface area contributed by atoms with E-state index in [2.05, 4.69) is 17.2 Å². The average Bonchev–Trinajstić information content (AvgIpc) is 3.07. The zero-order valence-corrected chi connectivity index (χ0v) is 11.3. The summed E-state index contributed by atoms with van der Waals surface area (Å²) in [4.78, 5) is 4.55. The van der Waals surface area contributed by atoms with E-state index in [-0.39, 0.29) is 0 Å². The van der Waals surface area contributed by atoms with Crippen molar-refractivity contribution in [3.8, 4) is 0 Å². The third-order valence-electron chi connectivity index (χ3n) is 3.35. The van der Waals surface area contributed by atoms with Crippen molar-refractivity contribution < 1.29 is 0 Å². The van der Waals surface area contributed by atoms with Crippen molar-refractivity contribution in [3.63, 3.8) is 0 Å². The maximum atomic E-state index is 5.95. The lowest BCUT2D eigenvalue weighted by atomic mass is 10.1. The molecule has 0 amide bonds. The lowest BCUT2D eigenvalue weighted by molar-refractivity contribution is 0.536. The quantitative estimate of drug-likeness (QED) is 0.887. The minimum Gasteiger partial charge on any atom is -0.361 e. The van der Waals surface area contributed by atoms with E-state index in [0.29, 0.717) is 0 Å². The van der Waals surface area contributed by atoms with Crippen LogP contribution in [0, 0.1) is 11.8 Å². The highest BCUT2D eigenvalue weighted by Gasteiger charge is 2.27. The molecule has 1 aromatic carbocycles. The molecular weight excluding hydrogens is 252 g/mol. The van der Waals surface area contributed by atoms with Crippen LogP contribution in [-0.4, -0.2) is 11.5 Å². The van der Waals surface area contributed by atoms with Gasteiger partial charge in [-0.3, -0.25) is 0 Å². The molecule has 0 radical (unpaired) electrons. The van der Waals surface area contributed by atoms with Gasteiger partial charge in [0.15, 0.2) is 5.13 Å². The van der Waals surface area contributed by atoms with E-state index < -0.39 is 0 Å². The van der Waals surface area contributed by atoms with Crippen molar-refractivity contribution in [2.45, 2.75) is 19.8 Å². The number of fused-ring (bicyclic) bond motifs is 1. The first kappa shape index (κ1) is 11.3. The van der Waals surface area contributed by atoms with Gasteiger partial charge in [0.05, 0.1) is 10.2 Å². The van der Waals surface area contributed by atoms with E-state index in [1.54, 1.807) is 11.3 Å². The van der Waals surface area contributed by atoms with Crippen LogP contribution in [0.25, 0.3) is 10.2 Å². The van der Waals surface area contributed by atoms with Crippen LogP contribution < -0.4 is 5.32 Å². The Morgan fingerprint density at radius 3 is 3.12 bits per heavy atom. The van der Waals surface area contributed by atoms with Gasteiger partial charge in [-0.25, -0.2) is 4.98 Å². The second kappa shape index (κ2) is 4.46. The summed E-state index contributed by atoms with van der Waals surface area (Å²) in [5.74, 6) is 1.69. The molecule has 1 unspecified atom stereocenters. The van der Waals surface area contributed by atoms with Crippen LogP contribution in [0.2, 0.25) is 5.02 Å². The molecule has 1 N–H and O–H groups in total. The van der Waals surface area contributed by atoms with Crippen LogP contribution in [-0.2, 0) is 0 Å². The first-order valence-corrected chi connectivity index (χ1v) is 7.22. The Bertz CT molecular complexity index is 533. The molecule has 0 spiro atoms. The van der Waals surface area contributed by atoms with E-state index in [9.17, 15) is 0 Å². The van der Waals surface area contributed by atoms with Gasteiger partial charge in [0.25, 0.3) is 0 Å². The number of thiazole rings is 1. The second-order valence-electron chi connectivity index (χ2n) is 4.83. The summed E-state index contributed by atoms with van der Waals surface area (Å²) >= 11 is 7.65. The molecule has 0 bridgehead atoms. The Hall–Kier alpha value is -0.800. The number of benzene rings is 1. The Labute approximate surface area is 110 Å². The van der Waals surface area contributed by atoms with Crippen LogP contribution in [0.4, 0.5) is 5.13 Å². The van der Waals surface area contributed by atoms with Crippen molar-refractivity contribution in [1.82, 2.24) is 4.98 Å². The number of hydrogen-bond acceptors (Lipinski definition) is 3. The standard InChI is InChI=1S/C13H15ClN2S/c1-8(9-2-3-9)7-15-13-16-11-6-10(14)4-5-12(11)17-13/h4-6,8-9H,2-3,7H2,1H3,(H,15,16). The van der Waals surface area contributed by atoms with Gasteiger partial charge in [-0.05, 0) is 42.9 Å². The zero-order chi connectivity index (χ0) is 11.8. The normalized spacial score (nSPS) is 17.3. The van der Waals surface area contributed by atoms with Gasteiger partial charge in [-0.1, -0.05) is 29.9 Å². The van der Waals surface area contributed by atoms with E-state index in [4.69, 9.17) is 11.6 Å². The number of aromatic nitrogens is 1. The van der Waals surface area contributed by atoms with E-state index >= 15 is 0 Å². The van der Waals surface area contributed by atoms with Gasteiger partial charge in [-0.2, -0.15) is 0 Å². The smallest absolute Gasteiger partial charge is 0.183 e. The number of anilines is 1. The maximum Gasteiger partial charge on any atom is 0.183 e. The first-order chi connectivity index (χ1) is 8.22. The van der Waals surface area contributed by atoms with E-state index in [0.717, 1.165) is 34.1 Å². The molecule has 1 saturated carbocycles. The molecule has 0 aliphatic heterocycles. The fourth-order valence-electron chi connectivity index (χ4n) is 2.06. The van der Waals surface area contributed by atoms with Gasteiger partial charge in [0, 0.05) is 11.6 Å². The number of nitrogens with zero attached hydrogens (tertiary/aromatic N) is 1. The van der Waals surface area contributed by atoms with Gasteiger partial charge in [0.1, 0.15) is 0 Å².